The van der Waals surface area contributed by atoms with Crippen LogP contribution in [0.5, 0.6) is 5.75 Å². The molecule has 0 saturated carbocycles. The van der Waals surface area contributed by atoms with E-state index < -0.39 is 28.9 Å². The van der Waals surface area contributed by atoms with E-state index in [-0.39, 0.29) is 54.5 Å². The predicted molar refractivity (Wildman–Crippen MR) is 166 cm³/mol. The fourth-order valence-corrected chi connectivity index (χ4v) is 3.79. The monoisotopic (exact) mass is 629 g/mol. The summed E-state index contributed by atoms with van der Waals surface area (Å²) in [6, 6.07) is 10.6. The summed E-state index contributed by atoms with van der Waals surface area (Å²) in [4.78, 5) is 59.7. The second-order valence-electron chi connectivity index (χ2n) is 11.6. The van der Waals surface area contributed by atoms with E-state index in [2.05, 4.69) is 16.0 Å². The minimum atomic E-state index is -0.987. The molecule has 5 N–H and O–H groups in total. The maximum absolute atomic E-state index is 12.8. The molecule has 0 saturated heterocycles. The molecule has 0 aliphatic heterocycles. The van der Waals surface area contributed by atoms with Gasteiger partial charge in [0.25, 0.3) is 5.69 Å². The van der Waals surface area contributed by atoms with Gasteiger partial charge in [-0.1, -0.05) is 26.0 Å². The highest BCUT2D eigenvalue weighted by molar-refractivity contribution is 5.96. The maximum Gasteiger partial charge on any atom is 0.514 e. The first-order chi connectivity index (χ1) is 21.1. The molecule has 3 amide bonds. The molecule has 0 bridgehead atoms. The van der Waals surface area contributed by atoms with Crippen LogP contribution >= 0.6 is 0 Å². The molecule has 2 aromatic carbocycles. The molecule has 2 aromatic rings. The van der Waals surface area contributed by atoms with Crippen LogP contribution in [0, 0.1) is 16.0 Å². The number of nitrogens with one attached hydrogen (secondary N) is 3. The molecule has 246 valence electrons. The van der Waals surface area contributed by atoms with Gasteiger partial charge in [-0.3, -0.25) is 24.5 Å². The van der Waals surface area contributed by atoms with Crippen molar-refractivity contribution in [3.8, 4) is 5.75 Å². The van der Waals surface area contributed by atoms with Gasteiger partial charge in [0, 0.05) is 36.4 Å². The zero-order valence-electron chi connectivity index (χ0n) is 26.3. The Hall–Kier alpha value is -4.56. The number of rotatable bonds is 17. The summed E-state index contributed by atoms with van der Waals surface area (Å²) in [5.41, 5.74) is 6.55. The lowest BCUT2D eigenvalue weighted by atomic mass is 10.0. The Balaban J connectivity index is 1.73. The van der Waals surface area contributed by atoms with Crippen LogP contribution in [0.4, 0.5) is 16.2 Å². The molecule has 2 atom stereocenters. The third-order valence-corrected chi connectivity index (χ3v) is 6.46. The lowest BCUT2D eigenvalue weighted by molar-refractivity contribution is -0.384. The van der Waals surface area contributed by atoms with Gasteiger partial charge in [0.1, 0.15) is 18.4 Å². The minimum absolute atomic E-state index is 0.0941. The lowest BCUT2D eigenvalue weighted by Gasteiger charge is -2.22. The summed E-state index contributed by atoms with van der Waals surface area (Å²) in [5.74, 6) is -1.35. The number of hydrogen-bond donors (Lipinski definition) is 4. The molecule has 2 unspecified atom stereocenters. The highest BCUT2D eigenvalue weighted by atomic mass is 16.7. The molecule has 0 aromatic heterocycles. The van der Waals surface area contributed by atoms with Crippen LogP contribution in [0.2, 0.25) is 0 Å². The quantitative estimate of drug-likeness (QED) is 0.0862. The Morgan fingerprint density at radius 1 is 0.978 bits per heavy atom. The molecule has 0 radical (unpaired) electrons. The van der Waals surface area contributed by atoms with Crippen molar-refractivity contribution in [3.63, 3.8) is 0 Å². The van der Waals surface area contributed by atoms with Gasteiger partial charge in [-0.25, -0.2) is 4.79 Å². The third kappa shape index (κ3) is 14.6. The number of nitrogens with two attached hydrogens (primary N) is 1. The van der Waals surface area contributed by atoms with E-state index >= 15 is 0 Å². The molecule has 0 spiro atoms. The number of non-ortho nitro benzene ring substituents is 1. The molecule has 45 heavy (non-hydrogen) atoms. The van der Waals surface area contributed by atoms with Crippen molar-refractivity contribution in [1.29, 1.82) is 0 Å². The van der Waals surface area contributed by atoms with Crippen molar-refractivity contribution in [2.24, 2.45) is 11.7 Å². The zero-order chi connectivity index (χ0) is 33.6. The number of nitrogens with zero attached hydrogens (tertiary/aromatic N) is 1. The molecular formula is C31H43N5O9. The van der Waals surface area contributed by atoms with Crippen LogP contribution in [0.25, 0.3) is 0 Å². The Labute approximate surface area is 262 Å². The first-order valence-electron chi connectivity index (χ1n) is 14.6. The Morgan fingerprint density at radius 3 is 2.20 bits per heavy atom. The number of nitro benzene ring substituents is 1. The normalized spacial score (nSPS) is 12.5. The van der Waals surface area contributed by atoms with E-state index in [0.29, 0.717) is 30.7 Å². The van der Waals surface area contributed by atoms with Gasteiger partial charge >= 0.3 is 6.16 Å². The fraction of sp³-hybridized carbons (Fsp3) is 0.484. The van der Waals surface area contributed by atoms with Crippen LogP contribution in [-0.2, 0) is 30.5 Å². The average molecular weight is 630 g/mol. The van der Waals surface area contributed by atoms with E-state index in [1.165, 1.54) is 24.3 Å². The number of nitro groups is 1. The lowest BCUT2D eigenvalue weighted by Crippen LogP contribution is -2.51. The molecule has 0 aliphatic rings. The van der Waals surface area contributed by atoms with Crippen molar-refractivity contribution < 1.29 is 38.3 Å². The Morgan fingerprint density at radius 2 is 1.62 bits per heavy atom. The summed E-state index contributed by atoms with van der Waals surface area (Å²) in [5, 5.41) is 18.7. The fourth-order valence-electron chi connectivity index (χ4n) is 3.79. The number of benzene rings is 2. The average Bonchev–Trinajstić information content (AvgIpc) is 2.96. The zero-order valence-corrected chi connectivity index (χ0v) is 26.3. The van der Waals surface area contributed by atoms with Crippen molar-refractivity contribution in [1.82, 2.24) is 10.6 Å². The van der Waals surface area contributed by atoms with E-state index in [9.17, 15) is 29.3 Å². The molecule has 2 rings (SSSR count). The summed E-state index contributed by atoms with van der Waals surface area (Å²) >= 11 is 0. The third-order valence-electron chi connectivity index (χ3n) is 6.46. The smallest absolute Gasteiger partial charge is 0.429 e. The second kappa shape index (κ2) is 17.7. The van der Waals surface area contributed by atoms with Crippen molar-refractivity contribution in [2.45, 2.75) is 78.2 Å². The van der Waals surface area contributed by atoms with Gasteiger partial charge in [-0.15, -0.1) is 0 Å². The number of anilines is 1. The topological polar surface area (TPSA) is 201 Å². The highest BCUT2D eigenvalue weighted by Gasteiger charge is 2.25. The molecule has 0 fully saturated rings. The largest absolute Gasteiger partial charge is 0.514 e. The second-order valence-corrected chi connectivity index (χ2v) is 11.6. The highest BCUT2D eigenvalue weighted by Crippen LogP contribution is 2.18. The number of ether oxygens (including phenoxy) is 3. The van der Waals surface area contributed by atoms with E-state index in [1.54, 1.807) is 38.1 Å². The number of hydrogen-bond acceptors (Lipinski definition) is 10. The summed E-state index contributed by atoms with van der Waals surface area (Å²) in [7, 11) is 0. The summed E-state index contributed by atoms with van der Waals surface area (Å²) in [6.07, 6.45) is 0.245. The van der Waals surface area contributed by atoms with E-state index in [4.69, 9.17) is 19.9 Å². The van der Waals surface area contributed by atoms with Crippen molar-refractivity contribution in [2.75, 3.05) is 18.5 Å². The van der Waals surface area contributed by atoms with Gasteiger partial charge in [0.15, 0.2) is 0 Å². The van der Waals surface area contributed by atoms with E-state index in [1.807, 2.05) is 20.8 Å². The molecule has 14 nitrogen and oxygen atoms in total. The van der Waals surface area contributed by atoms with Crippen LogP contribution < -0.4 is 26.4 Å². The van der Waals surface area contributed by atoms with Crippen LogP contribution in [0.3, 0.4) is 0 Å². The molecular weight excluding hydrogens is 586 g/mol. The van der Waals surface area contributed by atoms with Crippen molar-refractivity contribution in [3.05, 3.63) is 64.2 Å². The number of carbonyl (C=O) groups is 4. The van der Waals surface area contributed by atoms with Crippen LogP contribution in [0.1, 0.15) is 59.4 Å². The van der Waals surface area contributed by atoms with Gasteiger partial charge in [0.05, 0.1) is 17.6 Å². The molecule has 0 aliphatic carbocycles. The van der Waals surface area contributed by atoms with Gasteiger partial charge in [-0.05, 0) is 69.4 Å². The number of amides is 3. The van der Waals surface area contributed by atoms with Crippen LogP contribution in [0.15, 0.2) is 48.5 Å². The molecule has 14 heteroatoms. The predicted octanol–water partition coefficient (Wildman–Crippen LogP) is 3.82. The summed E-state index contributed by atoms with van der Waals surface area (Å²) in [6.45, 7) is 9.39. The Bertz CT molecular complexity index is 1290. The SMILES string of the molecule is CC(CCC(=O)NC(C(=O)NCC(=O)Nc1ccc(COC(=O)Oc2ccc([N+](=O)[O-])cc2)cc1)C(C)C)OCCC(C)(C)N. The van der Waals surface area contributed by atoms with Gasteiger partial charge in [0.2, 0.25) is 17.7 Å². The first-order valence-corrected chi connectivity index (χ1v) is 14.6. The minimum Gasteiger partial charge on any atom is -0.429 e. The van der Waals surface area contributed by atoms with Gasteiger partial charge in [-0.2, -0.15) is 0 Å². The first kappa shape index (κ1) is 36.6. The van der Waals surface area contributed by atoms with Crippen molar-refractivity contribution >= 4 is 35.3 Å². The summed E-state index contributed by atoms with van der Waals surface area (Å²) < 4.78 is 15.7. The van der Waals surface area contributed by atoms with Crippen LogP contribution in [-0.4, -0.2) is 59.6 Å². The number of carbonyl (C=O) groups excluding carboxylic acids is 4. The standard InChI is InChI=1S/C31H43N5O9/c1-20(2)28(35-26(37)15-6-21(3)43-17-16-31(4,5)32)29(39)33-18-27(38)34-23-9-7-22(8-10-23)19-44-30(40)45-25-13-11-24(12-14-25)36(41)42/h7-14,20-21,28H,6,15-19,32H2,1-5H3,(H,33,39)(H,34,38)(H,35,37). The van der Waals surface area contributed by atoms with E-state index in [0.717, 1.165) is 0 Å². The van der Waals surface area contributed by atoms with Gasteiger partial charge < -0.3 is 35.9 Å². The molecule has 0 heterocycles. The Kier molecular flexibility index (Phi) is 14.4. The maximum atomic E-state index is 12.8.